The van der Waals surface area contributed by atoms with Crippen molar-refractivity contribution in [3.8, 4) is 0 Å². The summed E-state index contributed by atoms with van der Waals surface area (Å²) in [5.41, 5.74) is 7.68. The molecule has 0 spiro atoms. The first-order valence-electron chi connectivity index (χ1n) is 6.63. The molecule has 0 aromatic rings. The summed E-state index contributed by atoms with van der Waals surface area (Å²) in [6.45, 7) is 1.94. The fourth-order valence-electron chi connectivity index (χ4n) is 2.42. The van der Waals surface area contributed by atoms with Crippen LogP contribution in [0.5, 0.6) is 0 Å². The minimum atomic E-state index is -4.80. The van der Waals surface area contributed by atoms with Gasteiger partial charge in [-0.1, -0.05) is 0 Å². The van der Waals surface area contributed by atoms with Crippen molar-refractivity contribution >= 4 is 22.3 Å². The van der Waals surface area contributed by atoms with Crippen molar-refractivity contribution in [2.45, 2.75) is 37.9 Å². The molecule has 2 bridgehead atoms. The van der Waals surface area contributed by atoms with E-state index >= 15 is 0 Å². The summed E-state index contributed by atoms with van der Waals surface area (Å²) in [6.07, 6.45) is 0.665. The third-order valence-electron chi connectivity index (χ3n) is 3.32. The van der Waals surface area contributed by atoms with E-state index in [2.05, 4.69) is 9.76 Å². The van der Waals surface area contributed by atoms with Crippen LogP contribution in [-0.4, -0.2) is 66.1 Å². The third kappa shape index (κ3) is 3.84. The molecule has 0 unspecified atom stereocenters. The largest absolute Gasteiger partial charge is 0.418 e. The van der Waals surface area contributed by atoms with Gasteiger partial charge in [0.2, 0.25) is 0 Å². The summed E-state index contributed by atoms with van der Waals surface area (Å²) in [7, 11) is -4.80. The average molecular weight is 338 g/mol. The molecule has 2 rings (SSSR count). The second-order valence-electron chi connectivity index (χ2n) is 5.26. The van der Waals surface area contributed by atoms with Crippen molar-refractivity contribution in [3.05, 3.63) is 0 Å². The van der Waals surface area contributed by atoms with Gasteiger partial charge in [-0.05, 0) is 19.8 Å². The van der Waals surface area contributed by atoms with Gasteiger partial charge in [0, 0.05) is 12.6 Å². The van der Waals surface area contributed by atoms with Gasteiger partial charge in [-0.15, -0.1) is 4.28 Å². The fourth-order valence-corrected chi connectivity index (χ4v) is 2.80. The van der Waals surface area contributed by atoms with Crippen LogP contribution in [0.4, 0.5) is 4.79 Å². The molecule has 4 N–H and O–H groups in total. The molecule has 2 heterocycles. The van der Waals surface area contributed by atoms with Crippen molar-refractivity contribution in [1.82, 2.24) is 15.4 Å². The Bertz CT molecular complexity index is 551. The highest BCUT2D eigenvalue weighted by atomic mass is 32.3. The predicted molar refractivity (Wildman–Crippen MR) is 71.1 cm³/mol. The van der Waals surface area contributed by atoms with Crippen LogP contribution in [-0.2, 0) is 24.3 Å². The molecule has 0 aromatic heterocycles. The number of urea groups is 1. The number of hydroxylamine groups is 3. The van der Waals surface area contributed by atoms with E-state index in [4.69, 9.17) is 15.1 Å². The van der Waals surface area contributed by atoms with Crippen LogP contribution in [0.3, 0.4) is 0 Å². The van der Waals surface area contributed by atoms with Gasteiger partial charge in [-0.2, -0.15) is 13.5 Å². The number of nitrogens with zero attached hydrogens (tertiary/aromatic N) is 2. The Morgan fingerprint density at radius 2 is 2.23 bits per heavy atom. The maximum Gasteiger partial charge on any atom is 0.418 e. The molecular weight excluding hydrogens is 320 g/mol. The average Bonchev–Trinajstić information content (AvgIpc) is 2.62. The van der Waals surface area contributed by atoms with Gasteiger partial charge >= 0.3 is 16.4 Å². The van der Waals surface area contributed by atoms with Gasteiger partial charge < -0.3 is 10.6 Å². The van der Waals surface area contributed by atoms with Crippen LogP contribution in [0.2, 0.25) is 0 Å². The van der Waals surface area contributed by atoms with Crippen molar-refractivity contribution in [2.24, 2.45) is 5.73 Å². The predicted octanol–water partition coefficient (Wildman–Crippen LogP) is -1.62. The Hall–Kier alpha value is -1.47. The van der Waals surface area contributed by atoms with E-state index in [1.54, 1.807) is 6.92 Å². The maximum atomic E-state index is 12.1. The lowest BCUT2D eigenvalue weighted by atomic mass is 10.0. The minimum absolute atomic E-state index is 0.118. The van der Waals surface area contributed by atoms with E-state index in [9.17, 15) is 18.0 Å². The third-order valence-corrected chi connectivity index (χ3v) is 3.67. The Kier molecular flexibility index (Phi) is 4.87. The van der Waals surface area contributed by atoms with Gasteiger partial charge in [0.1, 0.15) is 6.04 Å². The van der Waals surface area contributed by atoms with Gasteiger partial charge in [-0.25, -0.2) is 10.3 Å². The Balaban J connectivity index is 1.98. The first-order chi connectivity index (χ1) is 10.2. The molecule has 2 fully saturated rings. The molecule has 2 saturated heterocycles. The highest BCUT2D eigenvalue weighted by Gasteiger charge is 2.49. The Labute approximate surface area is 127 Å². The number of rotatable bonds is 6. The first-order valence-corrected chi connectivity index (χ1v) is 7.99. The molecule has 0 radical (unpaired) electrons. The number of carbonyl (C=O) groups excluding carboxylic acids is 2. The normalized spacial score (nSPS) is 26.2. The van der Waals surface area contributed by atoms with Crippen LogP contribution in [0.25, 0.3) is 0 Å². The highest BCUT2D eigenvalue weighted by Crippen LogP contribution is 2.30. The Morgan fingerprint density at radius 1 is 1.55 bits per heavy atom. The van der Waals surface area contributed by atoms with Crippen molar-refractivity contribution in [1.29, 1.82) is 0 Å². The van der Waals surface area contributed by atoms with Crippen molar-refractivity contribution < 1.29 is 31.7 Å². The van der Waals surface area contributed by atoms with Crippen LogP contribution in [0.15, 0.2) is 0 Å². The molecule has 3 amide bonds. The number of nitrogens with one attached hydrogen (secondary N) is 1. The number of piperidine rings is 1. The zero-order chi connectivity index (χ0) is 16.5. The lowest BCUT2D eigenvalue weighted by molar-refractivity contribution is -0.139. The van der Waals surface area contributed by atoms with E-state index in [1.807, 2.05) is 0 Å². The number of nitrogens with two attached hydrogens (primary N) is 1. The van der Waals surface area contributed by atoms with E-state index in [0.29, 0.717) is 17.9 Å². The molecule has 11 nitrogen and oxygen atoms in total. The van der Waals surface area contributed by atoms with E-state index in [-0.39, 0.29) is 19.2 Å². The van der Waals surface area contributed by atoms with E-state index in [1.165, 1.54) is 4.90 Å². The zero-order valence-corrected chi connectivity index (χ0v) is 12.7. The van der Waals surface area contributed by atoms with Crippen LogP contribution in [0, 0.1) is 0 Å². The molecule has 2 aliphatic rings. The first kappa shape index (κ1) is 16.9. The molecule has 22 heavy (non-hydrogen) atoms. The molecule has 126 valence electrons. The van der Waals surface area contributed by atoms with Crippen LogP contribution in [0.1, 0.15) is 19.8 Å². The standard InChI is InChI=1S/C10H18N4O7S/c1-6(11)5-20-12-9(15)8-3-2-7-4-13(8)10(16)14(7)21-22(17,18)19/h6-8H,2-5,11H2,1H3,(H,12,15)(H,17,18,19)/t6-,7-,8+/m1/s1. The molecule has 0 saturated carbocycles. The number of hydrogen-bond acceptors (Lipinski definition) is 7. The number of hydrogen-bond donors (Lipinski definition) is 3. The smallest absolute Gasteiger partial charge is 0.326 e. The number of carbonyl (C=O) groups is 2. The van der Waals surface area contributed by atoms with Gasteiger partial charge in [0.05, 0.1) is 12.6 Å². The highest BCUT2D eigenvalue weighted by molar-refractivity contribution is 7.80. The second-order valence-corrected chi connectivity index (χ2v) is 6.27. The van der Waals surface area contributed by atoms with Gasteiger partial charge in [0.25, 0.3) is 5.91 Å². The van der Waals surface area contributed by atoms with Gasteiger partial charge in [0.15, 0.2) is 0 Å². The summed E-state index contributed by atoms with van der Waals surface area (Å²) in [5.74, 6) is -0.527. The lowest BCUT2D eigenvalue weighted by Crippen LogP contribution is -2.50. The fraction of sp³-hybridized carbons (Fsp3) is 0.800. The minimum Gasteiger partial charge on any atom is -0.326 e. The summed E-state index contributed by atoms with van der Waals surface area (Å²) in [6, 6.07) is -2.40. The van der Waals surface area contributed by atoms with Gasteiger partial charge in [-0.3, -0.25) is 14.2 Å². The second kappa shape index (κ2) is 6.34. The van der Waals surface area contributed by atoms with Crippen LogP contribution < -0.4 is 11.2 Å². The lowest BCUT2D eigenvalue weighted by Gasteiger charge is -2.28. The van der Waals surface area contributed by atoms with Crippen molar-refractivity contribution in [3.63, 3.8) is 0 Å². The molecule has 0 aliphatic carbocycles. The summed E-state index contributed by atoms with van der Waals surface area (Å²) < 4.78 is 34.4. The summed E-state index contributed by atoms with van der Waals surface area (Å²) in [4.78, 5) is 30.2. The SMILES string of the molecule is C[C@@H](N)CONC(=O)[C@@H]1CC[C@@H]2CN1C(=O)N2OS(=O)(=O)O. The zero-order valence-electron chi connectivity index (χ0n) is 11.8. The maximum absolute atomic E-state index is 12.1. The summed E-state index contributed by atoms with van der Waals surface area (Å²) in [5, 5.41) is 0.575. The molecule has 12 heteroatoms. The van der Waals surface area contributed by atoms with E-state index < -0.39 is 34.4 Å². The molecule has 0 aromatic carbocycles. The quantitative estimate of drug-likeness (QED) is 0.386. The molecular formula is C10H18N4O7S. The Morgan fingerprint density at radius 3 is 2.82 bits per heavy atom. The van der Waals surface area contributed by atoms with Crippen LogP contribution >= 0.6 is 0 Å². The summed E-state index contributed by atoms with van der Waals surface area (Å²) >= 11 is 0. The number of amides is 3. The molecule has 2 aliphatic heterocycles. The monoisotopic (exact) mass is 338 g/mol. The van der Waals surface area contributed by atoms with Crippen molar-refractivity contribution in [2.75, 3.05) is 13.2 Å². The number of fused-ring (bicyclic) bond motifs is 2. The molecule has 3 atom stereocenters. The van der Waals surface area contributed by atoms with E-state index in [0.717, 1.165) is 0 Å². The topological polar surface area (TPSA) is 151 Å².